The molecule has 6 rings (SSSR count). The SMILES string of the molecule is O=c1[nH]c(N2CCC3(CC2)CN(Cc2cccs2)c2ccccc23)nc2c1CCCC2. The predicted octanol–water partition coefficient (Wildman–Crippen LogP) is 4.27. The van der Waals surface area contributed by atoms with Gasteiger partial charge in [-0.3, -0.25) is 9.78 Å². The van der Waals surface area contributed by atoms with Crippen molar-refractivity contribution in [3.8, 4) is 0 Å². The topological polar surface area (TPSA) is 52.2 Å². The summed E-state index contributed by atoms with van der Waals surface area (Å²) in [5.41, 5.74) is 5.10. The van der Waals surface area contributed by atoms with E-state index < -0.39 is 0 Å². The second-order valence-electron chi connectivity index (χ2n) is 9.24. The van der Waals surface area contributed by atoms with Gasteiger partial charge in [-0.15, -0.1) is 11.3 Å². The molecule has 0 saturated carbocycles. The summed E-state index contributed by atoms with van der Waals surface area (Å²) >= 11 is 1.84. The molecule has 0 unspecified atom stereocenters. The van der Waals surface area contributed by atoms with Gasteiger partial charge in [-0.2, -0.15) is 0 Å². The molecule has 2 aliphatic heterocycles. The number of fused-ring (bicyclic) bond motifs is 3. The van der Waals surface area contributed by atoms with Gasteiger partial charge in [0.15, 0.2) is 0 Å². The zero-order valence-corrected chi connectivity index (χ0v) is 18.6. The highest BCUT2D eigenvalue weighted by Gasteiger charge is 2.44. The number of piperidine rings is 1. The number of para-hydroxylation sites is 1. The van der Waals surface area contributed by atoms with Gasteiger partial charge >= 0.3 is 0 Å². The molecule has 0 atom stereocenters. The number of rotatable bonds is 3. The maximum absolute atomic E-state index is 12.6. The number of nitrogens with zero attached hydrogens (tertiary/aromatic N) is 3. The van der Waals surface area contributed by atoms with Gasteiger partial charge in [-0.25, -0.2) is 4.98 Å². The lowest BCUT2D eigenvalue weighted by Gasteiger charge is -2.40. The number of aromatic amines is 1. The van der Waals surface area contributed by atoms with Crippen LogP contribution in [0, 0.1) is 0 Å². The number of hydrogen-bond donors (Lipinski definition) is 1. The Kier molecular flexibility index (Phi) is 4.64. The Morgan fingerprint density at radius 1 is 1.06 bits per heavy atom. The molecule has 1 fully saturated rings. The normalized spacial score (nSPS) is 19.5. The van der Waals surface area contributed by atoms with Crippen LogP contribution < -0.4 is 15.4 Å². The Labute approximate surface area is 186 Å². The van der Waals surface area contributed by atoms with Crippen LogP contribution in [0.25, 0.3) is 0 Å². The van der Waals surface area contributed by atoms with E-state index in [0.29, 0.717) is 0 Å². The summed E-state index contributed by atoms with van der Waals surface area (Å²) in [6, 6.07) is 13.3. The van der Waals surface area contributed by atoms with Gasteiger partial charge in [0.1, 0.15) is 0 Å². The number of benzene rings is 1. The lowest BCUT2D eigenvalue weighted by atomic mass is 9.74. The minimum Gasteiger partial charge on any atom is -0.365 e. The molecule has 1 aromatic carbocycles. The Balaban J connectivity index is 1.25. The average molecular weight is 433 g/mol. The third kappa shape index (κ3) is 3.28. The highest BCUT2D eigenvalue weighted by molar-refractivity contribution is 7.09. The monoisotopic (exact) mass is 432 g/mol. The van der Waals surface area contributed by atoms with E-state index >= 15 is 0 Å². The minimum atomic E-state index is 0.0771. The molecule has 0 amide bonds. The van der Waals surface area contributed by atoms with Crippen molar-refractivity contribution >= 4 is 23.0 Å². The summed E-state index contributed by atoms with van der Waals surface area (Å²) in [4.78, 5) is 26.9. The van der Waals surface area contributed by atoms with Crippen LogP contribution in [0.5, 0.6) is 0 Å². The van der Waals surface area contributed by atoms with Crippen molar-refractivity contribution in [1.82, 2.24) is 9.97 Å². The van der Waals surface area contributed by atoms with Crippen molar-refractivity contribution in [3.63, 3.8) is 0 Å². The molecular weight excluding hydrogens is 404 g/mol. The molecule has 31 heavy (non-hydrogen) atoms. The van der Waals surface area contributed by atoms with Crippen molar-refractivity contribution in [1.29, 1.82) is 0 Å². The molecule has 1 saturated heterocycles. The number of nitrogens with one attached hydrogen (secondary N) is 1. The van der Waals surface area contributed by atoms with Crippen molar-refractivity contribution in [2.75, 3.05) is 29.4 Å². The fourth-order valence-corrected chi connectivity index (χ4v) is 6.50. The van der Waals surface area contributed by atoms with Crippen LogP contribution in [0.15, 0.2) is 46.6 Å². The highest BCUT2D eigenvalue weighted by Crippen LogP contribution is 2.47. The molecular formula is C25H28N4OS. The van der Waals surface area contributed by atoms with E-state index in [9.17, 15) is 4.79 Å². The zero-order chi connectivity index (χ0) is 20.8. The van der Waals surface area contributed by atoms with Crippen LogP contribution >= 0.6 is 11.3 Å². The second-order valence-corrected chi connectivity index (χ2v) is 10.3. The van der Waals surface area contributed by atoms with Gasteiger partial charge in [0.2, 0.25) is 5.95 Å². The number of hydrogen-bond acceptors (Lipinski definition) is 5. The number of H-pyrrole nitrogens is 1. The van der Waals surface area contributed by atoms with Gasteiger partial charge in [0.25, 0.3) is 5.56 Å². The van der Waals surface area contributed by atoms with E-state index in [2.05, 4.69) is 56.6 Å². The molecule has 1 aliphatic carbocycles. The Morgan fingerprint density at radius 3 is 2.74 bits per heavy atom. The zero-order valence-electron chi connectivity index (χ0n) is 17.8. The van der Waals surface area contributed by atoms with Crippen LogP contribution in [0.1, 0.15) is 47.4 Å². The van der Waals surface area contributed by atoms with Crippen LogP contribution in [0.3, 0.4) is 0 Å². The molecule has 0 radical (unpaired) electrons. The number of anilines is 2. The maximum Gasteiger partial charge on any atom is 0.255 e. The van der Waals surface area contributed by atoms with E-state index in [1.165, 1.54) is 16.1 Å². The third-order valence-electron chi connectivity index (χ3n) is 7.44. The molecule has 1 N–H and O–H groups in total. The predicted molar refractivity (Wildman–Crippen MR) is 126 cm³/mol. The molecule has 3 aromatic rings. The van der Waals surface area contributed by atoms with Crippen molar-refractivity contribution in [2.45, 2.75) is 50.5 Å². The summed E-state index contributed by atoms with van der Waals surface area (Å²) < 4.78 is 0. The van der Waals surface area contributed by atoms with Crippen LogP contribution in [-0.2, 0) is 24.8 Å². The van der Waals surface area contributed by atoms with E-state index in [1.54, 1.807) is 0 Å². The lowest BCUT2D eigenvalue weighted by Crippen LogP contribution is -2.46. The van der Waals surface area contributed by atoms with Gasteiger partial charge in [0, 0.05) is 41.2 Å². The van der Waals surface area contributed by atoms with E-state index in [0.717, 1.165) is 81.9 Å². The first-order valence-corrected chi connectivity index (χ1v) is 12.3. The third-order valence-corrected chi connectivity index (χ3v) is 8.30. The van der Waals surface area contributed by atoms with Crippen LogP contribution in [-0.4, -0.2) is 29.6 Å². The molecule has 2 aromatic heterocycles. The van der Waals surface area contributed by atoms with Gasteiger partial charge in [-0.1, -0.05) is 24.3 Å². The Bertz CT molecular complexity index is 1140. The van der Waals surface area contributed by atoms with Crippen LogP contribution in [0.4, 0.5) is 11.6 Å². The standard InChI is InChI=1S/C25H28N4OS/c30-23-19-7-1-3-9-21(19)26-24(27-23)28-13-11-25(12-14-28)17-29(16-18-6-5-15-31-18)22-10-4-2-8-20(22)25/h2,4-6,8,10,15H,1,3,7,9,11-14,16-17H2,(H,26,27,30). The first kappa shape index (κ1) is 19.1. The fourth-order valence-electron chi connectivity index (χ4n) is 5.78. The number of aryl methyl sites for hydroxylation is 1. The van der Waals surface area contributed by atoms with E-state index in [-0.39, 0.29) is 11.0 Å². The summed E-state index contributed by atoms with van der Waals surface area (Å²) in [6.07, 6.45) is 6.23. The molecule has 0 bridgehead atoms. The van der Waals surface area contributed by atoms with Crippen LogP contribution in [0.2, 0.25) is 0 Å². The lowest BCUT2D eigenvalue weighted by molar-refractivity contribution is 0.347. The summed E-state index contributed by atoms with van der Waals surface area (Å²) in [5, 5.41) is 2.16. The van der Waals surface area contributed by atoms with Gasteiger partial charge < -0.3 is 9.80 Å². The Morgan fingerprint density at radius 2 is 1.90 bits per heavy atom. The Hall–Kier alpha value is -2.60. The maximum atomic E-state index is 12.6. The molecule has 4 heterocycles. The van der Waals surface area contributed by atoms with E-state index in [1.807, 2.05) is 11.3 Å². The molecule has 3 aliphatic rings. The second kappa shape index (κ2) is 7.52. The first-order chi connectivity index (χ1) is 15.2. The van der Waals surface area contributed by atoms with Gasteiger partial charge in [0.05, 0.1) is 12.2 Å². The molecule has 160 valence electrons. The van der Waals surface area contributed by atoms with E-state index in [4.69, 9.17) is 4.98 Å². The quantitative estimate of drug-likeness (QED) is 0.672. The largest absolute Gasteiger partial charge is 0.365 e. The van der Waals surface area contributed by atoms with Gasteiger partial charge in [-0.05, 0) is 61.6 Å². The minimum absolute atomic E-state index is 0.0771. The summed E-state index contributed by atoms with van der Waals surface area (Å²) in [7, 11) is 0. The fraction of sp³-hybridized carbons (Fsp3) is 0.440. The molecule has 1 spiro atoms. The first-order valence-electron chi connectivity index (χ1n) is 11.5. The smallest absolute Gasteiger partial charge is 0.255 e. The number of thiophene rings is 1. The average Bonchev–Trinajstić information content (AvgIpc) is 3.42. The summed E-state index contributed by atoms with van der Waals surface area (Å²) in [5.74, 6) is 0.780. The van der Waals surface area contributed by atoms with Crippen molar-refractivity contribution in [2.24, 2.45) is 0 Å². The summed E-state index contributed by atoms with van der Waals surface area (Å²) in [6.45, 7) is 3.93. The molecule has 6 heteroatoms. The van der Waals surface area contributed by atoms with Crippen molar-refractivity contribution < 1.29 is 0 Å². The molecule has 5 nitrogen and oxygen atoms in total. The highest BCUT2D eigenvalue weighted by atomic mass is 32.1. The van der Waals surface area contributed by atoms with Crippen molar-refractivity contribution in [3.05, 3.63) is 73.8 Å². The number of aromatic nitrogens is 2.